The van der Waals surface area contributed by atoms with Gasteiger partial charge in [0.2, 0.25) is 21.8 Å². The highest BCUT2D eigenvalue weighted by Gasteiger charge is 2.62. The number of hydrogen-bond donors (Lipinski definition) is 3. The molecule has 3 N–H and O–H groups in total. The zero-order valence-electron chi connectivity index (χ0n) is 28.9. The Hall–Kier alpha value is -4.40. The second kappa shape index (κ2) is 13.1. The zero-order chi connectivity index (χ0) is 36.2. The lowest BCUT2D eigenvalue weighted by Crippen LogP contribution is -2.61. The van der Waals surface area contributed by atoms with E-state index in [1.807, 2.05) is 30.4 Å². The van der Waals surface area contributed by atoms with Crippen LogP contribution in [0.5, 0.6) is 0 Å². The number of benzene rings is 1. The van der Waals surface area contributed by atoms with Crippen molar-refractivity contribution in [2.45, 2.75) is 94.9 Å². The molecular weight excluding hydrogens is 664 g/mol. The third-order valence-electron chi connectivity index (χ3n) is 10.3. The first-order valence-corrected chi connectivity index (χ1v) is 18.6. The topological polar surface area (TPSA) is 175 Å². The molecule has 3 aliphatic heterocycles. The summed E-state index contributed by atoms with van der Waals surface area (Å²) < 4.78 is 33.3. The first-order chi connectivity index (χ1) is 23.5. The molecule has 5 aliphatic rings. The minimum absolute atomic E-state index is 0.0698. The molecule has 6 rings (SSSR count). The summed E-state index contributed by atoms with van der Waals surface area (Å²) in [6, 6.07) is 3.14. The summed E-state index contributed by atoms with van der Waals surface area (Å²) in [6.45, 7) is 10.1. The number of nitrogens with one attached hydrogen (secondary N) is 3. The summed E-state index contributed by atoms with van der Waals surface area (Å²) in [5, 5.41) is 4.96. The number of carbonyl (C=O) groups is 5. The van der Waals surface area contributed by atoms with Crippen molar-refractivity contribution in [2.24, 2.45) is 11.3 Å². The molecule has 3 fully saturated rings. The highest BCUT2D eigenvalue weighted by atomic mass is 32.2. The van der Waals surface area contributed by atoms with Crippen molar-refractivity contribution in [1.82, 2.24) is 30.1 Å². The van der Waals surface area contributed by atoms with E-state index in [0.29, 0.717) is 38.9 Å². The molecule has 2 saturated carbocycles. The lowest BCUT2D eigenvalue weighted by atomic mass is 9.85. The van der Waals surface area contributed by atoms with Crippen LogP contribution in [0.4, 0.5) is 9.59 Å². The molecule has 4 bridgehead atoms. The van der Waals surface area contributed by atoms with E-state index in [4.69, 9.17) is 4.74 Å². The average molecular weight is 711 g/mol. The maximum Gasteiger partial charge on any atom is 0.410 e. The molecule has 14 nitrogen and oxygen atoms in total. The Morgan fingerprint density at radius 3 is 2.54 bits per heavy atom. The Labute approximate surface area is 292 Å². The molecule has 2 aliphatic carbocycles. The van der Waals surface area contributed by atoms with Crippen LogP contribution in [0.3, 0.4) is 0 Å². The van der Waals surface area contributed by atoms with Gasteiger partial charge in [-0.05, 0) is 47.8 Å². The van der Waals surface area contributed by atoms with Gasteiger partial charge in [-0.15, -0.1) is 6.58 Å². The normalized spacial score (nSPS) is 29.4. The Bertz CT molecular complexity index is 1750. The van der Waals surface area contributed by atoms with Gasteiger partial charge >= 0.3 is 12.1 Å². The number of ether oxygens (including phenoxy) is 1. The summed E-state index contributed by atoms with van der Waals surface area (Å²) in [5.41, 5.74) is 0.594. The van der Waals surface area contributed by atoms with Crippen molar-refractivity contribution in [1.29, 1.82) is 0 Å². The summed E-state index contributed by atoms with van der Waals surface area (Å²) in [6.07, 6.45) is 5.48. The lowest BCUT2D eigenvalue weighted by molar-refractivity contribution is -0.142. The van der Waals surface area contributed by atoms with Crippen LogP contribution in [0.15, 0.2) is 36.9 Å². The molecular formula is C35H46N6O8S. The minimum Gasteiger partial charge on any atom is -0.444 e. The van der Waals surface area contributed by atoms with Crippen molar-refractivity contribution in [2.75, 3.05) is 20.1 Å². The molecule has 50 heavy (non-hydrogen) atoms. The average Bonchev–Trinajstić information content (AvgIpc) is 3.94. The Morgan fingerprint density at radius 1 is 1.14 bits per heavy atom. The van der Waals surface area contributed by atoms with Gasteiger partial charge in [0, 0.05) is 32.5 Å². The van der Waals surface area contributed by atoms with Gasteiger partial charge in [0.25, 0.3) is 5.91 Å². The molecule has 0 radical (unpaired) electrons. The van der Waals surface area contributed by atoms with Gasteiger partial charge in [-0.1, -0.05) is 57.2 Å². The predicted octanol–water partition coefficient (Wildman–Crippen LogP) is 2.25. The fraction of sp³-hybridized carbons (Fsp3) is 0.571. The zero-order valence-corrected chi connectivity index (χ0v) is 29.8. The van der Waals surface area contributed by atoms with Crippen LogP contribution < -0.4 is 15.4 Å². The molecule has 270 valence electrons. The van der Waals surface area contributed by atoms with E-state index >= 15 is 0 Å². The number of hydrogen-bond acceptors (Lipinski definition) is 8. The predicted molar refractivity (Wildman–Crippen MR) is 183 cm³/mol. The highest BCUT2D eigenvalue weighted by Crippen LogP contribution is 2.45. The van der Waals surface area contributed by atoms with E-state index in [2.05, 4.69) is 21.9 Å². The van der Waals surface area contributed by atoms with Crippen molar-refractivity contribution < 1.29 is 37.1 Å². The summed E-state index contributed by atoms with van der Waals surface area (Å²) in [5.74, 6) is -2.64. The van der Waals surface area contributed by atoms with Crippen molar-refractivity contribution in [3.63, 3.8) is 0 Å². The number of rotatable bonds is 6. The van der Waals surface area contributed by atoms with Crippen LogP contribution in [0.25, 0.3) is 6.08 Å². The first-order valence-electron chi connectivity index (χ1n) is 17.1. The van der Waals surface area contributed by atoms with Crippen LogP contribution >= 0.6 is 0 Å². The van der Waals surface area contributed by atoms with Crippen molar-refractivity contribution >= 4 is 45.9 Å². The molecule has 1 saturated heterocycles. The maximum atomic E-state index is 14.4. The van der Waals surface area contributed by atoms with Crippen LogP contribution in [0, 0.1) is 11.3 Å². The number of sulfonamides is 1. The minimum atomic E-state index is -3.90. The summed E-state index contributed by atoms with van der Waals surface area (Å²) >= 11 is 0. The molecule has 5 atom stereocenters. The van der Waals surface area contributed by atoms with E-state index in [1.165, 1.54) is 15.9 Å². The SMILES string of the molecule is C=C[C@H]1C[C@]1(NC(=O)[C@@H]1C[C@@H]2CN1C(=O)[C@H](C(C)(C)C)NC(=O)N(C)CC/C=C/c1cccc3c1CN(C3)C(=O)O2)C(=O)NS(=O)(=O)C1CC1. The number of carbonyl (C=O) groups excluding carboxylic acids is 5. The van der Waals surface area contributed by atoms with Crippen molar-refractivity contribution in [3.05, 3.63) is 53.6 Å². The third kappa shape index (κ3) is 6.96. The standard InChI is InChI=1S/C35H46N6O8S/c1-6-23-17-35(23,31(44)38-50(47,48)25-13-14-25)37-29(42)27-16-24-19-41(27)30(43)28(34(2,3)4)36-32(45)39(5)15-8-7-10-21-11-9-12-22-18-40(20-26(21)22)33(46)49-24/h6-7,9-12,23-25,27-28H,1,8,13-20H2,2-5H3,(H,36,45)(H,37,42)(H,38,44)/b10-7+/t23-,24+,27-,28+,35+/m0/s1. The number of nitrogens with zero attached hydrogens (tertiary/aromatic N) is 3. The van der Waals surface area contributed by atoms with Crippen LogP contribution in [0.2, 0.25) is 0 Å². The Kier molecular flexibility index (Phi) is 9.25. The number of amides is 6. The van der Waals surface area contributed by atoms with Gasteiger partial charge in [0.1, 0.15) is 23.7 Å². The highest BCUT2D eigenvalue weighted by molar-refractivity contribution is 7.91. The van der Waals surface area contributed by atoms with Crippen LogP contribution in [-0.4, -0.2) is 102 Å². The summed E-state index contributed by atoms with van der Waals surface area (Å²) in [4.78, 5) is 73.2. The smallest absolute Gasteiger partial charge is 0.410 e. The largest absolute Gasteiger partial charge is 0.444 e. The molecule has 0 unspecified atom stereocenters. The fourth-order valence-corrected chi connectivity index (χ4v) is 8.34. The number of urea groups is 1. The van der Waals surface area contributed by atoms with E-state index < -0.39 is 80.2 Å². The molecule has 0 spiro atoms. The molecule has 0 aromatic heterocycles. The molecule has 1 aromatic rings. The van der Waals surface area contributed by atoms with E-state index in [-0.39, 0.29) is 19.4 Å². The molecule has 15 heteroatoms. The van der Waals surface area contributed by atoms with E-state index in [1.54, 1.807) is 32.7 Å². The molecule has 6 amide bonds. The van der Waals surface area contributed by atoms with Crippen molar-refractivity contribution in [3.8, 4) is 0 Å². The van der Waals surface area contributed by atoms with Crippen LogP contribution in [-0.2, 0) is 42.2 Å². The summed E-state index contributed by atoms with van der Waals surface area (Å²) in [7, 11) is -2.26. The second-order valence-corrected chi connectivity index (χ2v) is 17.1. The van der Waals surface area contributed by atoms with E-state index in [0.717, 1.165) is 16.7 Å². The Balaban J connectivity index is 1.29. The third-order valence-corrected chi connectivity index (χ3v) is 12.1. The van der Waals surface area contributed by atoms with Gasteiger partial charge in [0.05, 0.1) is 18.3 Å². The Morgan fingerprint density at radius 2 is 1.88 bits per heavy atom. The first kappa shape index (κ1) is 35.4. The molecule has 1 aromatic carbocycles. The molecule has 3 heterocycles. The monoisotopic (exact) mass is 710 g/mol. The maximum absolute atomic E-state index is 14.4. The quantitative estimate of drug-likeness (QED) is 0.377. The van der Waals surface area contributed by atoms with E-state index in [9.17, 15) is 32.4 Å². The van der Waals surface area contributed by atoms with Gasteiger partial charge < -0.3 is 25.2 Å². The second-order valence-electron chi connectivity index (χ2n) is 15.1. The fourth-order valence-electron chi connectivity index (χ4n) is 6.97. The van der Waals surface area contributed by atoms with Gasteiger partial charge in [-0.2, -0.15) is 0 Å². The lowest BCUT2D eigenvalue weighted by Gasteiger charge is -2.36. The van der Waals surface area contributed by atoms with Gasteiger partial charge in [-0.3, -0.25) is 24.0 Å². The number of fused-ring (bicyclic) bond motifs is 3. The van der Waals surface area contributed by atoms with Gasteiger partial charge in [0.15, 0.2) is 0 Å². The van der Waals surface area contributed by atoms with Gasteiger partial charge in [-0.25, -0.2) is 18.0 Å². The van der Waals surface area contributed by atoms with Crippen LogP contribution in [0.1, 0.15) is 69.6 Å².